The minimum absolute atomic E-state index is 0. The monoisotopic (exact) mass is 374 g/mol. The molecule has 0 bridgehead atoms. The zero-order valence-corrected chi connectivity index (χ0v) is 15.9. The molecule has 24 heavy (non-hydrogen) atoms. The van der Waals surface area contributed by atoms with Crippen LogP contribution in [0.2, 0.25) is 0 Å². The normalized spacial score (nSPS) is 15.5. The highest BCUT2D eigenvalue weighted by Gasteiger charge is 2.33. The summed E-state index contributed by atoms with van der Waals surface area (Å²) in [7, 11) is 3.24. The number of hydrogen-bond acceptors (Lipinski definition) is 5. The van der Waals surface area contributed by atoms with Crippen LogP contribution < -0.4 is 20.5 Å². The maximum atomic E-state index is 12.2. The number of benzene rings is 1. The molecule has 1 aromatic carbocycles. The quantitative estimate of drug-likeness (QED) is 0.684. The third-order valence-electron chi connectivity index (χ3n) is 4.31. The molecule has 3 N–H and O–H groups in total. The number of amides is 1. The van der Waals surface area contributed by atoms with Crippen LogP contribution in [0.3, 0.4) is 0 Å². The van der Waals surface area contributed by atoms with Crippen molar-refractivity contribution in [2.24, 2.45) is 5.73 Å². The van der Waals surface area contributed by atoms with Crippen molar-refractivity contribution >= 4 is 30.1 Å². The molecule has 2 rings (SSSR count). The number of methoxy groups -OCH3 is 2. The van der Waals surface area contributed by atoms with Crippen LogP contribution in [0.4, 0.5) is 0 Å². The van der Waals surface area contributed by atoms with E-state index in [0.717, 1.165) is 36.3 Å². The number of thioether (sulfide) groups is 1. The maximum absolute atomic E-state index is 12.2. The van der Waals surface area contributed by atoms with Crippen LogP contribution in [-0.2, 0) is 4.79 Å². The van der Waals surface area contributed by atoms with Crippen molar-refractivity contribution in [2.75, 3.05) is 26.5 Å². The van der Waals surface area contributed by atoms with Crippen molar-refractivity contribution in [1.82, 2.24) is 5.32 Å². The third-order valence-corrected chi connectivity index (χ3v) is 5.30. The van der Waals surface area contributed by atoms with Gasteiger partial charge in [-0.25, -0.2) is 0 Å². The molecular weight excluding hydrogens is 348 g/mol. The molecule has 1 saturated carbocycles. The van der Waals surface area contributed by atoms with Crippen molar-refractivity contribution in [3.05, 3.63) is 18.2 Å². The molecule has 0 heterocycles. The second kappa shape index (κ2) is 10.0. The van der Waals surface area contributed by atoms with Gasteiger partial charge in [-0.1, -0.05) is 12.8 Å². The molecule has 1 aliphatic rings. The SMILES string of the molecule is COc1ccc(SCCC(=O)NC2(CN)CCCC2)cc1OC.Cl. The van der Waals surface area contributed by atoms with E-state index >= 15 is 0 Å². The van der Waals surface area contributed by atoms with Crippen LogP contribution in [-0.4, -0.2) is 38.0 Å². The molecule has 7 heteroatoms. The summed E-state index contributed by atoms with van der Waals surface area (Å²) < 4.78 is 10.5. The zero-order valence-electron chi connectivity index (χ0n) is 14.3. The maximum Gasteiger partial charge on any atom is 0.221 e. The smallest absolute Gasteiger partial charge is 0.221 e. The number of carbonyl (C=O) groups excluding carboxylic acids is 1. The Morgan fingerprint density at radius 1 is 1.25 bits per heavy atom. The largest absolute Gasteiger partial charge is 0.493 e. The molecule has 0 aromatic heterocycles. The van der Waals surface area contributed by atoms with E-state index in [-0.39, 0.29) is 23.9 Å². The molecular formula is C17H27ClN2O3S. The molecule has 1 aromatic rings. The molecule has 0 radical (unpaired) electrons. The van der Waals surface area contributed by atoms with Crippen molar-refractivity contribution in [3.8, 4) is 11.5 Å². The van der Waals surface area contributed by atoms with Gasteiger partial charge in [0.05, 0.1) is 19.8 Å². The van der Waals surface area contributed by atoms with Crippen molar-refractivity contribution in [3.63, 3.8) is 0 Å². The molecule has 0 spiro atoms. The summed E-state index contributed by atoms with van der Waals surface area (Å²) in [4.78, 5) is 13.2. The van der Waals surface area contributed by atoms with Crippen molar-refractivity contribution < 1.29 is 14.3 Å². The molecule has 1 fully saturated rings. The molecule has 5 nitrogen and oxygen atoms in total. The van der Waals surface area contributed by atoms with E-state index in [1.54, 1.807) is 26.0 Å². The van der Waals surface area contributed by atoms with Gasteiger partial charge in [-0.2, -0.15) is 0 Å². The van der Waals surface area contributed by atoms with Crippen LogP contribution in [0.5, 0.6) is 11.5 Å². The number of halogens is 1. The summed E-state index contributed by atoms with van der Waals surface area (Å²) >= 11 is 1.63. The summed E-state index contributed by atoms with van der Waals surface area (Å²) in [6, 6.07) is 5.78. The number of hydrogen-bond donors (Lipinski definition) is 2. The Labute approximate surface area is 154 Å². The third kappa shape index (κ3) is 5.46. The summed E-state index contributed by atoms with van der Waals surface area (Å²) in [6.07, 6.45) is 4.78. The van der Waals surface area contributed by atoms with Gasteiger partial charge in [-0.3, -0.25) is 4.79 Å². The van der Waals surface area contributed by atoms with Gasteiger partial charge in [-0.15, -0.1) is 24.2 Å². The molecule has 0 aliphatic heterocycles. The second-order valence-corrected chi connectivity index (χ2v) is 7.02. The van der Waals surface area contributed by atoms with Crippen molar-refractivity contribution in [1.29, 1.82) is 0 Å². The Balaban J connectivity index is 0.00000288. The number of nitrogens with one attached hydrogen (secondary N) is 1. The number of carbonyl (C=O) groups is 1. The Kier molecular flexibility index (Phi) is 8.73. The Hall–Kier alpha value is -1.11. The first-order valence-corrected chi connectivity index (χ1v) is 8.97. The van der Waals surface area contributed by atoms with Gasteiger partial charge in [0.2, 0.25) is 5.91 Å². The van der Waals surface area contributed by atoms with Gasteiger partial charge in [-0.05, 0) is 31.0 Å². The summed E-state index contributed by atoms with van der Waals surface area (Å²) in [5.41, 5.74) is 5.69. The van der Waals surface area contributed by atoms with Crippen LogP contribution in [0.25, 0.3) is 0 Å². The van der Waals surface area contributed by atoms with Gasteiger partial charge in [0.15, 0.2) is 11.5 Å². The lowest BCUT2D eigenvalue weighted by molar-refractivity contribution is -0.122. The highest BCUT2D eigenvalue weighted by Crippen LogP contribution is 2.32. The summed E-state index contributed by atoms with van der Waals surface area (Å²) in [6.45, 7) is 0.529. The Morgan fingerprint density at radius 3 is 2.50 bits per heavy atom. The number of nitrogens with two attached hydrogens (primary N) is 1. The fourth-order valence-corrected chi connectivity index (χ4v) is 3.84. The predicted octanol–water partition coefficient (Wildman–Crippen LogP) is 3.00. The average molecular weight is 375 g/mol. The predicted molar refractivity (Wildman–Crippen MR) is 101 cm³/mol. The highest BCUT2D eigenvalue weighted by molar-refractivity contribution is 7.99. The lowest BCUT2D eigenvalue weighted by Gasteiger charge is -2.28. The first kappa shape index (κ1) is 20.9. The fourth-order valence-electron chi connectivity index (χ4n) is 2.96. The topological polar surface area (TPSA) is 73.6 Å². The fraction of sp³-hybridized carbons (Fsp3) is 0.588. The van der Waals surface area contributed by atoms with Gasteiger partial charge in [0.1, 0.15) is 0 Å². The average Bonchev–Trinajstić information content (AvgIpc) is 3.03. The highest BCUT2D eigenvalue weighted by atomic mass is 35.5. The Morgan fingerprint density at radius 2 is 1.92 bits per heavy atom. The molecule has 0 saturated heterocycles. The standard InChI is InChI=1S/C17H26N2O3S.ClH/c1-21-14-6-5-13(11-15(14)22-2)23-10-7-16(20)19-17(12-18)8-3-4-9-17;/h5-6,11H,3-4,7-10,12,18H2,1-2H3,(H,19,20);1H. The van der Waals surface area contributed by atoms with E-state index in [1.165, 1.54) is 0 Å². The minimum atomic E-state index is -0.162. The summed E-state index contributed by atoms with van der Waals surface area (Å²) in [5, 5.41) is 3.15. The van der Waals surface area contributed by atoms with Crippen molar-refractivity contribution in [2.45, 2.75) is 42.5 Å². The minimum Gasteiger partial charge on any atom is -0.493 e. The first-order valence-electron chi connectivity index (χ1n) is 7.98. The van der Waals surface area contributed by atoms with Gasteiger partial charge in [0, 0.05) is 23.6 Å². The van der Waals surface area contributed by atoms with E-state index in [4.69, 9.17) is 15.2 Å². The molecule has 1 amide bonds. The number of rotatable bonds is 8. The van der Waals surface area contributed by atoms with Gasteiger partial charge in [0.25, 0.3) is 0 Å². The zero-order chi connectivity index (χ0) is 16.7. The van der Waals surface area contributed by atoms with E-state index in [2.05, 4.69) is 5.32 Å². The lowest BCUT2D eigenvalue weighted by Crippen LogP contribution is -2.51. The van der Waals surface area contributed by atoms with Crippen LogP contribution in [0.1, 0.15) is 32.1 Å². The van der Waals surface area contributed by atoms with Gasteiger partial charge < -0.3 is 20.5 Å². The van der Waals surface area contributed by atoms with E-state index in [9.17, 15) is 4.79 Å². The van der Waals surface area contributed by atoms with E-state index in [1.807, 2.05) is 18.2 Å². The second-order valence-electron chi connectivity index (χ2n) is 5.85. The first-order chi connectivity index (χ1) is 11.1. The molecule has 1 aliphatic carbocycles. The molecule has 0 atom stereocenters. The van der Waals surface area contributed by atoms with Crippen LogP contribution >= 0.6 is 24.2 Å². The summed E-state index contributed by atoms with van der Waals surface area (Å²) in [5.74, 6) is 2.23. The lowest BCUT2D eigenvalue weighted by atomic mass is 9.98. The van der Waals surface area contributed by atoms with E-state index < -0.39 is 0 Å². The number of ether oxygens (including phenoxy) is 2. The van der Waals surface area contributed by atoms with Crippen LogP contribution in [0.15, 0.2) is 23.1 Å². The van der Waals surface area contributed by atoms with E-state index in [0.29, 0.717) is 24.5 Å². The molecule has 136 valence electrons. The van der Waals surface area contributed by atoms with Gasteiger partial charge >= 0.3 is 0 Å². The molecule has 0 unspecified atom stereocenters. The van der Waals surface area contributed by atoms with Crippen LogP contribution in [0, 0.1) is 0 Å². The Bertz CT molecular complexity index is 537.